The average Bonchev–Trinajstić information content (AvgIpc) is 3.11. The second-order valence-electron chi connectivity index (χ2n) is 9.20. The van der Waals surface area contributed by atoms with E-state index in [0.29, 0.717) is 5.75 Å². The quantitative estimate of drug-likeness (QED) is 0.497. The van der Waals surface area contributed by atoms with Gasteiger partial charge in [-0.3, -0.25) is 9.59 Å². The molecule has 1 saturated carbocycles. The molecule has 2 fully saturated rings. The molecule has 1 aromatic carbocycles. The van der Waals surface area contributed by atoms with Crippen LogP contribution < -0.4 is 15.4 Å². The number of carboxylic acid groups (broad SMARTS) is 1. The minimum Gasteiger partial charge on any atom is -0.504 e. The van der Waals surface area contributed by atoms with E-state index in [2.05, 4.69) is 22.6 Å². The first-order valence-electron chi connectivity index (χ1n) is 10.8. The molecule has 168 valence electrons. The van der Waals surface area contributed by atoms with E-state index in [1.807, 2.05) is 6.07 Å². The molecule has 0 aromatic heterocycles. The average molecular weight is 431 g/mol. The number of methoxy groups -OCH3 is 1. The largest absolute Gasteiger partial charge is 0.504 e. The van der Waals surface area contributed by atoms with Gasteiger partial charge in [-0.05, 0) is 50.9 Å². The lowest BCUT2D eigenvalue weighted by Gasteiger charge is -2.65. The van der Waals surface area contributed by atoms with E-state index in [-0.39, 0.29) is 36.4 Å². The first-order valence-corrected chi connectivity index (χ1v) is 10.8. The molecular weight excluding hydrogens is 402 g/mol. The number of amides is 1. The van der Waals surface area contributed by atoms with E-state index < -0.39 is 23.5 Å². The number of carbonyl (C=O) groups is 2. The van der Waals surface area contributed by atoms with E-state index in [0.717, 1.165) is 37.8 Å². The molecule has 9 heteroatoms. The van der Waals surface area contributed by atoms with Crippen LogP contribution in [0.4, 0.5) is 0 Å². The van der Waals surface area contributed by atoms with Gasteiger partial charge in [-0.15, -0.1) is 0 Å². The minimum atomic E-state index is -1.08. The number of aliphatic carboxylic acids is 1. The highest BCUT2D eigenvalue weighted by atomic mass is 16.5. The molecule has 0 radical (unpaired) electrons. The summed E-state index contributed by atoms with van der Waals surface area (Å²) in [5.41, 5.74) is 1.43. The van der Waals surface area contributed by atoms with Crippen molar-refractivity contribution >= 4 is 11.9 Å². The van der Waals surface area contributed by atoms with Gasteiger partial charge in [0.2, 0.25) is 5.91 Å². The van der Waals surface area contributed by atoms with Gasteiger partial charge in [0.15, 0.2) is 11.5 Å². The number of likely N-dealkylation sites (N-methyl/N-ethyl adjacent to an activating group) is 1. The van der Waals surface area contributed by atoms with Crippen LogP contribution in [0.3, 0.4) is 0 Å². The number of aromatic hydroxyl groups is 1. The molecule has 2 aliphatic heterocycles. The maximum absolute atomic E-state index is 12.1. The van der Waals surface area contributed by atoms with Gasteiger partial charge in [0, 0.05) is 24.8 Å². The summed E-state index contributed by atoms with van der Waals surface area (Å²) in [4.78, 5) is 25.2. The Morgan fingerprint density at radius 1 is 1.32 bits per heavy atom. The Hall–Kier alpha value is -2.36. The van der Waals surface area contributed by atoms with Crippen molar-refractivity contribution in [2.75, 3.05) is 33.8 Å². The zero-order valence-electron chi connectivity index (χ0n) is 17.8. The lowest BCUT2D eigenvalue weighted by molar-refractivity contribution is -0.203. The molecule has 2 unspecified atom stereocenters. The summed E-state index contributed by atoms with van der Waals surface area (Å²) in [5.74, 6) is -0.752. The monoisotopic (exact) mass is 431 g/mol. The summed E-state index contributed by atoms with van der Waals surface area (Å²) in [6.45, 7) is 0.501. The molecule has 9 nitrogen and oxygen atoms in total. The van der Waals surface area contributed by atoms with Crippen LogP contribution in [0.15, 0.2) is 12.1 Å². The van der Waals surface area contributed by atoms with E-state index in [1.165, 1.54) is 5.56 Å². The van der Waals surface area contributed by atoms with Gasteiger partial charge in [0.05, 0.1) is 17.6 Å². The van der Waals surface area contributed by atoms with E-state index >= 15 is 0 Å². The number of phenolic OH excluding ortho intramolecular Hbond substituents is 1. The lowest BCUT2D eigenvalue weighted by atomic mass is 9.48. The molecule has 2 heterocycles. The number of phenols is 1. The van der Waals surface area contributed by atoms with Crippen molar-refractivity contribution in [1.29, 1.82) is 0 Å². The number of ether oxygens (including phenoxy) is 2. The topological polar surface area (TPSA) is 120 Å². The zero-order valence-corrected chi connectivity index (χ0v) is 17.8. The smallest absolute Gasteiger partial charge is 0.322 e. The fourth-order valence-corrected chi connectivity index (χ4v) is 6.81. The molecule has 1 aromatic rings. The first kappa shape index (κ1) is 20.5. The number of nitrogens with one attached hydrogen (secondary N) is 2. The third-order valence-corrected chi connectivity index (χ3v) is 8.02. The summed E-state index contributed by atoms with van der Waals surface area (Å²) >= 11 is 0. The predicted molar refractivity (Wildman–Crippen MR) is 110 cm³/mol. The standard InChI is InChI=1S/C22H29N3O6/c1-25-8-7-21-18-12-3-4-14(26)19(18)31-20(21)13(23-10-16(27)24-11-17(28)29)5-6-22(21,30-2)15(25)9-12/h3-4,13,15,20,23,26H,5-11H2,1-2H3,(H,24,27)(H,28,29)/t13?,15-,20?,21+,22-/m1/s1. The van der Waals surface area contributed by atoms with Crippen molar-refractivity contribution in [3.8, 4) is 11.5 Å². The van der Waals surface area contributed by atoms with Gasteiger partial charge in [0.25, 0.3) is 0 Å². The van der Waals surface area contributed by atoms with Gasteiger partial charge in [-0.1, -0.05) is 6.07 Å². The number of piperidine rings is 1. The summed E-state index contributed by atoms with van der Waals surface area (Å²) in [7, 11) is 3.93. The number of likely N-dealkylation sites (tertiary alicyclic amines) is 1. The minimum absolute atomic E-state index is 0.00633. The van der Waals surface area contributed by atoms with E-state index in [1.54, 1.807) is 13.2 Å². The normalized spacial score (nSPS) is 35.2. The number of hydrogen-bond acceptors (Lipinski definition) is 7. The van der Waals surface area contributed by atoms with Gasteiger partial charge >= 0.3 is 5.97 Å². The number of nitrogens with zero attached hydrogens (tertiary/aromatic N) is 1. The third-order valence-electron chi connectivity index (χ3n) is 8.02. The molecule has 1 amide bonds. The van der Waals surface area contributed by atoms with Gasteiger partial charge in [-0.25, -0.2) is 0 Å². The van der Waals surface area contributed by atoms with Gasteiger partial charge in [0.1, 0.15) is 12.6 Å². The SMILES string of the molecule is CO[C@@]12CCC(NCC(=O)NCC(=O)O)C3Oc4c(O)ccc5c4[C@@]31CCN(C)[C@@H]2C5. The van der Waals surface area contributed by atoms with Crippen molar-refractivity contribution in [3.63, 3.8) is 0 Å². The molecule has 31 heavy (non-hydrogen) atoms. The number of hydrogen-bond donors (Lipinski definition) is 4. The Balaban J connectivity index is 1.51. The molecular formula is C22H29N3O6. The molecule has 2 bridgehead atoms. The van der Waals surface area contributed by atoms with E-state index in [9.17, 15) is 14.7 Å². The van der Waals surface area contributed by atoms with Crippen molar-refractivity contribution in [1.82, 2.24) is 15.5 Å². The summed E-state index contributed by atoms with van der Waals surface area (Å²) in [6, 6.07) is 3.80. The lowest BCUT2D eigenvalue weighted by Crippen LogP contribution is -2.78. The summed E-state index contributed by atoms with van der Waals surface area (Å²) in [5, 5.41) is 25.1. The number of benzene rings is 1. The molecule has 5 atom stereocenters. The van der Waals surface area contributed by atoms with Crippen LogP contribution in [0.5, 0.6) is 11.5 Å². The van der Waals surface area contributed by atoms with Crippen LogP contribution in [0.1, 0.15) is 30.4 Å². The highest BCUT2D eigenvalue weighted by molar-refractivity contribution is 5.82. The van der Waals surface area contributed by atoms with Crippen molar-refractivity contribution < 1.29 is 29.3 Å². The maximum atomic E-state index is 12.1. The molecule has 1 spiro atoms. The fourth-order valence-electron chi connectivity index (χ4n) is 6.81. The van der Waals surface area contributed by atoms with Crippen molar-refractivity contribution in [2.45, 2.75) is 54.9 Å². The van der Waals surface area contributed by atoms with Crippen LogP contribution in [-0.4, -0.2) is 84.6 Å². The Labute approximate surface area is 180 Å². The van der Waals surface area contributed by atoms with Crippen LogP contribution in [0, 0.1) is 0 Å². The third kappa shape index (κ3) is 2.66. The molecule has 2 aliphatic carbocycles. The molecule has 4 aliphatic rings. The van der Waals surface area contributed by atoms with Crippen LogP contribution in [-0.2, 0) is 26.2 Å². The fraction of sp³-hybridized carbons (Fsp3) is 0.636. The Morgan fingerprint density at radius 3 is 2.87 bits per heavy atom. The van der Waals surface area contributed by atoms with Crippen LogP contribution in [0.2, 0.25) is 0 Å². The van der Waals surface area contributed by atoms with Gasteiger partial charge < -0.3 is 35.2 Å². The molecule has 4 N–H and O–H groups in total. The Morgan fingerprint density at radius 2 is 2.13 bits per heavy atom. The van der Waals surface area contributed by atoms with Crippen molar-refractivity contribution in [2.24, 2.45) is 0 Å². The van der Waals surface area contributed by atoms with E-state index in [4.69, 9.17) is 14.6 Å². The summed E-state index contributed by atoms with van der Waals surface area (Å²) in [6.07, 6.45) is 2.96. The highest BCUT2D eigenvalue weighted by Crippen LogP contribution is 2.66. The Kier molecular flexibility index (Phi) is 4.69. The second-order valence-corrected chi connectivity index (χ2v) is 9.20. The van der Waals surface area contributed by atoms with Gasteiger partial charge in [-0.2, -0.15) is 0 Å². The first-order chi connectivity index (χ1) is 14.8. The second kappa shape index (κ2) is 7.08. The summed E-state index contributed by atoms with van der Waals surface area (Å²) < 4.78 is 12.9. The molecule has 1 saturated heterocycles. The highest BCUT2D eigenvalue weighted by Gasteiger charge is 2.73. The maximum Gasteiger partial charge on any atom is 0.322 e. The number of carbonyl (C=O) groups excluding carboxylic acids is 1. The zero-order chi connectivity index (χ0) is 22.0. The predicted octanol–water partition coefficient (Wildman–Crippen LogP) is -0.0108. The molecule has 5 rings (SSSR count). The number of rotatable bonds is 6. The number of carboxylic acids is 1. The van der Waals surface area contributed by atoms with Crippen LogP contribution >= 0.6 is 0 Å². The van der Waals surface area contributed by atoms with Crippen molar-refractivity contribution in [3.05, 3.63) is 23.3 Å². The Bertz CT molecular complexity index is 938. The van der Waals surface area contributed by atoms with Crippen LogP contribution in [0.25, 0.3) is 0 Å².